The van der Waals surface area contributed by atoms with E-state index >= 15 is 0 Å². The lowest BCUT2D eigenvalue weighted by atomic mass is 9.89. The minimum Gasteiger partial charge on any atom is -0.465 e. The Hall–Kier alpha value is -1.32. The van der Waals surface area contributed by atoms with E-state index in [1.807, 2.05) is 0 Å². The molecule has 2 atom stereocenters. The second-order valence-corrected chi connectivity index (χ2v) is 3.87. The number of esters is 1. The Morgan fingerprint density at radius 3 is 3.31 bits per heavy atom. The lowest BCUT2D eigenvalue weighted by Crippen LogP contribution is -2.18. The first-order chi connectivity index (χ1) is 9.95. The van der Waals surface area contributed by atoms with Gasteiger partial charge < -0.3 is 9.30 Å². The summed E-state index contributed by atoms with van der Waals surface area (Å²) >= 11 is 0. The Labute approximate surface area is 104 Å². The van der Waals surface area contributed by atoms with Gasteiger partial charge in [0.2, 0.25) is 0 Å². The number of cyclic esters (lactones) is 1. The molecule has 0 N–H and O–H groups in total. The number of imidazole rings is 1. The lowest BCUT2D eigenvalue weighted by Gasteiger charge is -2.13. The summed E-state index contributed by atoms with van der Waals surface area (Å²) in [6, 6.07) is 0. The Morgan fingerprint density at radius 2 is 2.69 bits per heavy atom. The molecular formula is C12H18N2O2. The van der Waals surface area contributed by atoms with Crippen molar-refractivity contribution in [2.24, 2.45) is 18.9 Å². The van der Waals surface area contributed by atoms with Gasteiger partial charge in [-0.25, -0.2) is 4.98 Å². The third kappa shape index (κ3) is 1.84. The van der Waals surface area contributed by atoms with Gasteiger partial charge in [0.1, 0.15) is 5.82 Å². The molecule has 2 rings (SSSR count). The molecule has 1 aromatic heterocycles. The number of rotatable bonds is 3. The number of nitrogens with zero attached hydrogens (tertiary/aromatic N) is 2. The van der Waals surface area contributed by atoms with E-state index in [1.165, 1.54) is 4.57 Å². The number of hydrogen-bond acceptors (Lipinski definition) is 3. The number of carbonyl (C=O) groups is 1. The van der Waals surface area contributed by atoms with Gasteiger partial charge in [-0.05, 0) is 19.7 Å². The van der Waals surface area contributed by atoms with Crippen LogP contribution in [0.2, 0.25) is 0 Å². The molecule has 4 heteroatoms. The first kappa shape index (κ1) is 5.84. The van der Waals surface area contributed by atoms with Gasteiger partial charge in [0.15, 0.2) is 0 Å². The molecule has 1 aromatic rings. The van der Waals surface area contributed by atoms with Gasteiger partial charge in [0, 0.05) is 31.7 Å². The minimum absolute atomic E-state index is 0.0313. The Bertz CT molecular complexity index is 595. The van der Waals surface area contributed by atoms with Crippen LogP contribution in [0.15, 0.2) is 6.17 Å². The van der Waals surface area contributed by atoms with Gasteiger partial charge in [0.25, 0.3) is 0 Å². The second-order valence-electron chi connectivity index (χ2n) is 3.87. The number of aryl methyl sites for hydroxylation is 1. The van der Waals surface area contributed by atoms with Gasteiger partial charge in [-0.15, -0.1) is 0 Å². The van der Waals surface area contributed by atoms with Crippen LogP contribution < -0.4 is 0 Å². The van der Waals surface area contributed by atoms with Crippen LogP contribution in [-0.2, 0) is 23.0 Å². The maximum Gasteiger partial charge on any atom is 0.309 e. The zero-order valence-corrected chi connectivity index (χ0v) is 9.28. The third-order valence-electron chi connectivity index (χ3n) is 2.88. The number of hydrogen-bond donors (Lipinski definition) is 0. The van der Waals surface area contributed by atoms with Crippen LogP contribution in [0.25, 0.3) is 0 Å². The van der Waals surface area contributed by atoms with E-state index in [-0.39, 0.29) is 18.5 Å². The van der Waals surface area contributed by atoms with Crippen molar-refractivity contribution in [2.45, 2.75) is 26.6 Å². The third-order valence-corrected chi connectivity index (χ3v) is 2.88. The number of carbonyl (C=O) groups excluding carboxylic acids is 1. The van der Waals surface area contributed by atoms with E-state index in [0.29, 0.717) is 5.82 Å². The van der Waals surface area contributed by atoms with Crippen LogP contribution in [0.5, 0.6) is 0 Å². The summed E-state index contributed by atoms with van der Waals surface area (Å²) in [7, 11) is 1.59. The molecule has 1 saturated heterocycles. The average Bonchev–Trinajstić information content (AvgIpc) is 2.80. The second kappa shape index (κ2) is 4.28. The smallest absolute Gasteiger partial charge is 0.309 e. The maximum absolute atomic E-state index is 11.8. The molecule has 1 fully saturated rings. The summed E-state index contributed by atoms with van der Waals surface area (Å²) in [4.78, 5) is 15.7. The molecule has 1 aliphatic rings. The fraction of sp³-hybridized carbons (Fsp3) is 0.667. The van der Waals surface area contributed by atoms with Crippen molar-refractivity contribution >= 4 is 5.97 Å². The highest BCUT2D eigenvalue weighted by Crippen LogP contribution is 2.28. The van der Waals surface area contributed by atoms with E-state index in [2.05, 4.69) is 4.98 Å². The van der Waals surface area contributed by atoms with Gasteiger partial charge in [0.05, 0.1) is 13.9 Å². The van der Waals surface area contributed by atoms with E-state index < -0.39 is 37.5 Å². The van der Waals surface area contributed by atoms with Crippen LogP contribution in [-0.4, -0.2) is 22.1 Å². The molecule has 88 valence electrons. The summed E-state index contributed by atoms with van der Waals surface area (Å²) in [5, 5.41) is 0. The van der Waals surface area contributed by atoms with Crippen molar-refractivity contribution in [3.63, 3.8) is 0 Å². The topological polar surface area (TPSA) is 44.1 Å². The van der Waals surface area contributed by atoms with Gasteiger partial charge in [-0.2, -0.15) is 0 Å². The highest BCUT2D eigenvalue weighted by atomic mass is 16.5. The average molecular weight is 228 g/mol. The molecule has 0 aromatic carbocycles. The summed E-state index contributed by atoms with van der Waals surface area (Å²) < 4.78 is 52.9. The standard InChI is InChI=1S/C12H18N2O2/c1-4-11-9(7-16-12(11)15)5-10-6-13-8(2)14(10)3/h6,9,11H,4-5,7H2,1-3H3/t9-,11-/m0/s1/i1D3,5D2,6D. The Kier molecular flexibility index (Phi) is 1.56. The van der Waals surface area contributed by atoms with E-state index in [4.69, 9.17) is 13.0 Å². The van der Waals surface area contributed by atoms with Crippen molar-refractivity contribution < 1.29 is 17.8 Å². The molecule has 0 unspecified atom stereocenters. The summed E-state index contributed by atoms with van der Waals surface area (Å²) in [5.74, 6) is -2.24. The monoisotopic (exact) mass is 228 g/mol. The fourth-order valence-electron chi connectivity index (χ4n) is 1.68. The van der Waals surface area contributed by atoms with Crippen LogP contribution in [0, 0.1) is 18.8 Å². The summed E-state index contributed by atoms with van der Waals surface area (Å²) in [5.41, 5.74) is 0.0313. The molecule has 0 amide bonds. The number of ether oxygens (including phenoxy) is 1. The van der Waals surface area contributed by atoms with Gasteiger partial charge in [-0.3, -0.25) is 4.79 Å². The molecule has 0 radical (unpaired) electrons. The highest BCUT2D eigenvalue weighted by molar-refractivity contribution is 5.74. The van der Waals surface area contributed by atoms with Crippen molar-refractivity contribution in [3.05, 3.63) is 17.7 Å². The summed E-state index contributed by atoms with van der Waals surface area (Å²) in [6.45, 7) is -0.904. The van der Waals surface area contributed by atoms with E-state index in [1.54, 1.807) is 14.0 Å². The SMILES string of the molecule is [2H]c1nc(C)n(C)c1C([2H])([2H])[C@H]1COC(=O)[C@H]1CC([2H])([2H])[2H]. The van der Waals surface area contributed by atoms with Crippen molar-refractivity contribution in [2.75, 3.05) is 6.61 Å². The highest BCUT2D eigenvalue weighted by Gasteiger charge is 2.35. The van der Waals surface area contributed by atoms with Gasteiger partial charge in [-0.1, -0.05) is 6.85 Å². The van der Waals surface area contributed by atoms with Crippen molar-refractivity contribution in [1.29, 1.82) is 0 Å². The van der Waals surface area contributed by atoms with Crippen molar-refractivity contribution in [1.82, 2.24) is 9.55 Å². The van der Waals surface area contributed by atoms with E-state index in [0.717, 1.165) is 0 Å². The largest absolute Gasteiger partial charge is 0.465 e. The van der Waals surface area contributed by atoms with Gasteiger partial charge >= 0.3 is 5.97 Å². The maximum atomic E-state index is 11.8. The lowest BCUT2D eigenvalue weighted by molar-refractivity contribution is -0.141. The zero-order valence-electron chi connectivity index (χ0n) is 15.3. The Balaban J connectivity index is 2.41. The first-order valence-electron chi connectivity index (χ1n) is 8.12. The molecule has 0 aliphatic carbocycles. The molecule has 1 aliphatic heterocycles. The molecule has 4 nitrogen and oxygen atoms in total. The minimum atomic E-state index is -2.35. The van der Waals surface area contributed by atoms with Crippen LogP contribution in [0.3, 0.4) is 0 Å². The predicted molar refractivity (Wildman–Crippen MR) is 59.9 cm³/mol. The van der Waals surface area contributed by atoms with Crippen LogP contribution in [0.4, 0.5) is 0 Å². The molecule has 16 heavy (non-hydrogen) atoms. The van der Waals surface area contributed by atoms with Crippen LogP contribution in [0.1, 0.15) is 33.0 Å². The molecule has 0 spiro atoms. The molecule has 0 bridgehead atoms. The molecule has 0 saturated carbocycles. The Morgan fingerprint density at radius 1 is 1.88 bits per heavy atom. The number of aromatic nitrogens is 2. The van der Waals surface area contributed by atoms with E-state index in [9.17, 15) is 4.79 Å². The van der Waals surface area contributed by atoms with Crippen LogP contribution >= 0.6 is 0 Å². The summed E-state index contributed by atoms with van der Waals surface area (Å²) in [6.07, 6.45) is -2.74. The molecule has 2 heterocycles. The van der Waals surface area contributed by atoms with Crippen molar-refractivity contribution in [3.8, 4) is 0 Å². The molecular weight excluding hydrogens is 204 g/mol. The first-order valence-corrected chi connectivity index (χ1v) is 5.12. The quantitative estimate of drug-likeness (QED) is 0.736. The normalized spacial score (nSPS) is 32.0. The predicted octanol–water partition coefficient (Wildman–Crippen LogP) is 1.47. The zero-order chi connectivity index (χ0) is 16.9. The fourth-order valence-corrected chi connectivity index (χ4v) is 1.68.